The van der Waals surface area contributed by atoms with Gasteiger partial charge in [0.15, 0.2) is 0 Å². The molecular weight excluding hydrogens is 242 g/mol. The van der Waals surface area contributed by atoms with Crippen LogP contribution in [0.1, 0.15) is 16.8 Å². The summed E-state index contributed by atoms with van der Waals surface area (Å²) in [6.45, 7) is 1.85. The van der Waals surface area contributed by atoms with Crippen molar-refractivity contribution in [1.29, 1.82) is 0 Å². The highest BCUT2D eigenvalue weighted by Gasteiger charge is 2.08. The SMILES string of the molecule is Cc1nc(N)nc(N)c1Cc1ccc(N=[N+]=[N-])cc1. The van der Waals surface area contributed by atoms with Crippen molar-refractivity contribution in [3.8, 4) is 0 Å². The van der Waals surface area contributed by atoms with Gasteiger partial charge in [0.2, 0.25) is 5.95 Å². The summed E-state index contributed by atoms with van der Waals surface area (Å²) in [6.07, 6.45) is 0.606. The molecule has 0 saturated carbocycles. The minimum absolute atomic E-state index is 0.178. The van der Waals surface area contributed by atoms with Crippen LogP contribution in [0.5, 0.6) is 0 Å². The van der Waals surface area contributed by atoms with Gasteiger partial charge in [-0.1, -0.05) is 29.4 Å². The van der Waals surface area contributed by atoms with Crippen molar-refractivity contribution in [3.05, 3.63) is 51.5 Å². The highest BCUT2D eigenvalue weighted by molar-refractivity contribution is 5.49. The van der Waals surface area contributed by atoms with E-state index in [0.29, 0.717) is 17.9 Å². The van der Waals surface area contributed by atoms with Crippen LogP contribution in [-0.2, 0) is 6.42 Å². The fourth-order valence-electron chi connectivity index (χ4n) is 1.80. The molecule has 2 aromatic rings. The number of nitrogens with two attached hydrogens (primary N) is 2. The Morgan fingerprint density at radius 1 is 1.21 bits per heavy atom. The molecule has 0 amide bonds. The largest absolute Gasteiger partial charge is 0.383 e. The predicted molar refractivity (Wildman–Crippen MR) is 73.6 cm³/mol. The van der Waals surface area contributed by atoms with Crippen molar-refractivity contribution in [2.75, 3.05) is 11.5 Å². The second-order valence-corrected chi connectivity index (χ2v) is 4.06. The summed E-state index contributed by atoms with van der Waals surface area (Å²) >= 11 is 0. The van der Waals surface area contributed by atoms with Crippen LogP contribution in [0.25, 0.3) is 10.4 Å². The fourth-order valence-corrected chi connectivity index (χ4v) is 1.80. The number of benzene rings is 1. The third kappa shape index (κ3) is 2.91. The van der Waals surface area contributed by atoms with Gasteiger partial charge in [0.25, 0.3) is 0 Å². The van der Waals surface area contributed by atoms with E-state index in [4.69, 9.17) is 17.0 Å². The highest BCUT2D eigenvalue weighted by Crippen LogP contribution is 2.20. The van der Waals surface area contributed by atoms with Gasteiger partial charge >= 0.3 is 0 Å². The smallest absolute Gasteiger partial charge is 0.222 e. The van der Waals surface area contributed by atoms with Gasteiger partial charge in [-0.2, -0.15) is 4.98 Å². The van der Waals surface area contributed by atoms with Crippen LogP contribution in [0.3, 0.4) is 0 Å². The lowest BCUT2D eigenvalue weighted by Gasteiger charge is -2.09. The van der Waals surface area contributed by atoms with Crippen LogP contribution in [0.4, 0.5) is 17.5 Å². The van der Waals surface area contributed by atoms with Gasteiger partial charge in [-0.05, 0) is 18.0 Å². The van der Waals surface area contributed by atoms with Gasteiger partial charge in [-0.25, -0.2) is 4.98 Å². The molecule has 7 nitrogen and oxygen atoms in total. The summed E-state index contributed by atoms with van der Waals surface area (Å²) in [5.74, 6) is 0.571. The zero-order valence-electron chi connectivity index (χ0n) is 10.4. The van der Waals surface area contributed by atoms with Crippen molar-refractivity contribution in [1.82, 2.24) is 9.97 Å². The molecule has 1 heterocycles. The first-order valence-corrected chi connectivity index (χ1v) is 5.62. The number of azide groups is 1. The summed E-state index contributed by atoms with van der Waals surface area (Å²) in [6, 6.07) is 7.25. The number of nitrogen functional groups attached to an aromatic ring is 2. The van der Waals surface area contributed by atoms with Crippen LogP contribution in [-0.4, -0.2) is 9.97 Å². The fraction of sp³-hybridized carbons (Fsp3) is 0.167. The molecule has 4 N–H and O–H groups in total. The van der Waals surface area contributed by atoms with Crippen LogP contribution in [0, 0.1) is 6.92 Å². The average Bonchev–Trinajstić information content (AvgIpc) is 2.36. The molecule has 0 aliphatic carbocycles. The van der Waals surface area contributed by atoms with Crippen molar-refractivity contribution < 1.29 is 0 Å². The molecule has 2 rings (SSSR count). The molecule has 0 atom stereocenters. The summed E-state index contributed by atoms with van der Waals surface area (Å²) < 4.78 is 0. The first kappa shape index (κ1) is 12.7. The van der Waals surface area contributed by atoms with Gasteiger partial charge in [-0.3, -0.25) is 0 Å². The maximum Gasteiger partial charge on any atom is 0.222 e. The molecule has 0 aliphatic heterocycles. The topological polar surface area (TPSA) is 127 Å². The Balaban J connectivity index is 2.28. The van der Waals surface area contributed by atoms with Crippen LogP contribution < -0.4 is 11.5 Å². The molecule has 7 heteroatoms. The standard InChI is InChI=1S/C12H13N7/c1-7-10(11(13)17-12(14)16-7)6-8-2-4-9(5-3-8)18-19-15/h2-5H,6H2,1H3,(H4,13,14,16,17). The summed E-state index contributed by atoms with van der Waals surface area (Å²) in [5.41, 5.74) is 22.9. The number of aryl methyl sites for hydroxylation is 1. The Morgan fingerprint density at radius 2 is 1.89 bits per heavy atom. The maximum absolute atomic E-state index is 8.34. The van der Waals surface area contributed by atoms with E-state index in [2.05, 4.69) is 20.0 Å². The van der Waals surface area contributed by atoms with E-state index < -0.39 is 0 Å². The first-order valence-electron chi connectivity index (χ1n) is 5.62. The maximum atomic E-state index is 8.34. The van der Waals surface area contributed by atoms with Crippen LogP contribution in [0.15, 0.2) is 29.4 Å². The number of nitrogens with zero attached hydrogens (tertiary/aromatic N) is 5. The molecule has 0 radical (unpaired) electrons. The van der Waals surface area contributed by atoms with E-state index in [-0.39, 0.29) is 5.95 Å². The molecule has 0 saturated heterocycles. The molecule has 96 valence electrons. The monoisotopic (exact) mass is 255 g/mol. The van der Waals surface area contributed by atoms with Crippen molar-refractivity contribution >= 4 is 17.5 Å². The van der Waals surface area contributed by atoms with Gasteiger partial charge in [0.1, 0.15) is 5.82 Å². The highest BCUT2D eigenvalue weighted by atomic mass is 15.1. The Labute approximate surface area is 109 Å². The number of hydrogen-bond acceptors (Lipinski definition) is 5. The van der Waals surface area contributed by atoms with Crippen LogP contribution in [0.2, 0.25) is 0 Å². The first-order chi connectivity index (χ1) is 9.10. The number of rotatable bonds is 3. The number of anilines is 2. The summed E-state index contributed by atoms with van der Waals surface area (Å²) in [4.78, 5) is 10.8. The van der Waals surface area contributed by atoms with Crippen molar-refractivity contribution in [3.63, 3.8) is 0 Å². The Hall–Kier alpha value is -2.79. The second kappa shape index (κ2) is 5.24. The molecule has 1 aromatic heterocycles. The lowest BCUT2D eigenvalue weighted by molar-refractivity contribution is 1.04. The second-order valence-electron chi connectivity index (χ2n) is 4.06. The van der Waals surface area contributed by atoms with Crippen molar-refractivity contribution in [2.45, 2.75) is 13.3 Å². The number of hydrogen-bond donors (Lipinski definition) is 2. The Morgan fingerprint density at radius 3 is 2.47 bits per heavy atom. The van der Waals surface area contributed by atoms with E-state index >= 15 is 0 Å². The Kier molecular flexibility index (Phi) is 3.49. The third-order valence-corrected chi connectivity index (χ3v) is 2.74. The van der Waals surface area contributed by atoms with Crippen molar-refractivity contribution in [2.24, 2.45) is 5.11 Å². The van der Waals surface area contributed by atoms with E-state index in [1.54, 1.807) is 12.1 Å². The third-order valence-electron chi connectivity index (χ3n) is 2.74. The quantitative estimate of drug-likeness (QED) is 0.496. The lowest BCUT2D eigenvalue weighted by atomic mass is 10.0. The molecule has 0 aliphatic rings. The van der Waals surface area contributed by atoms with Gasteiger partial charge in [0.05, 0.1) is 0 Å². The summed E-state index contributed by atoms with van der Waals surface area (Å²) in [7, 11) is 0. The molecule has 19 heavy (non-hydrogen) atoms. The normalized spacial score (nSPS) is 9.95. The average molecular weight is 255 g/mol. The molecular formula is C12H13N7. The number of aromatic nitrogens is 2. The minimum Gasteiger partial charge on any atom is -0.383 e. The molecule has 0 unspecified atom stereocenters. The summed E-state index contributed by atoms with van der Waals surface area (Å²) in [5, 5.41) is 3.52. The van der Waals surface area contributed by atoms with E-state index in [1.807, 2.05) is 19.1 Å². The van der Waals surface area contributed by atoms with Crippen LogP contribution >= 0.6 is 0 Å². The zero-order chi connectivity index (χ0) is 13.8. The van der Waals surface area contributed by atoms with E-state index in [1.165, 1.54) is 0 Å². The molecule has 0 fully saturated rings. The minimum atomic E-state index is 0.178. The Bertz CT molecular complexity index is 619. The van der Waals surface area contributed by atoms with Gasteiger partial charge < -0.3 is 11.5 Å². The zero-order valence-corrected chi connectivity index (χ0v) is 10.4. The van der Waals surface area contributed by atoms with E-state index in [0.717, 1.165) is 16.8 Å². The van der Waals surface area contributed by atoms with Gasteiger partial charge in [0, 0.05) is 28.3 Å². The van der Waals surface area contributed by atoms with Gasteiger partial charge in [-0.15, -0.1) is 0 Å². The predicted octanol–water partition coefficient (Wildman–Crippen LogP) is 2.48. The molecule has 0 spiro atoms. The molecule has 1 aromatic carbocycles. The van der Waals surface area contributed by atoms with E-state index in [9.17, 15) is 0 Å². The lowest BCUT2D eigenvalue weighted by Crippen LogP contribution is -2.07. The molecule has 0 bridgehead atoms.